The molecule has 0 aliphatic carbocycles. The minimum atomic E-state index is 0.395. The van der Waals surface area contributed by atoms with Crippen LogP contribution in [0, 0.1) is 6.92 Å². The van der Waals surface area contributed by atoms with E-state index in [4.69, 9.17) is 21.1 Å². The zero-order valence-corrected chi connectivity index (χ0v) is 15.2. The Hall–Kier alpha value is -2.31. The van der Waals surface area contributed by atoms with Gasteiger partial charge in [-0.05, 0) is 25.1 Å². The zero-order chi connectivity index (χ0) is 18.4. The van der Waals surface area contributed by atoms with E-state index in [1.165, 1.54) is 0 Å². The topological polar surface area (TPSA) is 89.3 Å². The van der Waals surface area contributed by atoms with Gasteiger partial charge in [0.25, 0.3) is 0 Å². The molecule has 24 heavy (non-hydrogen) atoms. The lowest BCUT2D eigenvalue weighted by Crippen LogP contribution is -2.18. The standard InChI is InChI=1S/C14H15ClN2O.C2H6.CH4N2O/c1-10-5-3-8-14(17-10)18-9-11-12(15)6-4-7-13(11)16-2;1-2;2-3-1-4/h3-8,16H,9H2,1-2H3;1-2H3;1H,2H2,(H,3,4). The van der Waals surface area contributed by atoms with E-state index in [9.17, 15) is 0 Å². The quantitative estimate of drug-likeness (QED) is 0.332. The fourth-order valence-corrected chi connectivity index (χ4v) is 1.91. The summed E-state index contributed by atoms with van der Waals surface area (Å²) in [5, 5.41) is 3.79. The molecule has 0 saturated heterocycles. The molecule has 0 atom stereocenters. The Morgan fingerprint density at radius 3 is 2.42 bits per heavy atom. The molecule has 0 spiro atoms. The number of carbonyl (C=O) groups is 1. The highest BCUT2D eigenvalue weighted by Crippen LogP contribution is 2.25. The molecule has 0 bridgehead atoms. The number of pyridine rings is 1. The summed E-state index contributed by atoms with van der Waals surface area (Å²) in [6, 6.07) is 11.4. The fourth-order valence-electron chi connectivity index (χ4n) is 1.68. The first-order valence-corrected chi connectivity index (χ1v) is 7.91. The number of hydrogen-bond acceptors (Lipinski definition) is 5. The van der Waals surface area contributed by atoms with Crippen molar-refractivity contribution in [1.29, 1.82) is 0 Å². The van der Waals surface area contributed by atoms with Gasteiger partial charge in [0.05, 0.1) is 0 Å². The summed E-state index contributed by atoms with van der Waals surface area (Å²) in [6.07, 6.45) is 0.403. The molecule has 1 amide bonds. The number of benzene rings is 1. The molecule has 0 radical (unpaired) electrons. The van der Waals surface area contributed by atoms with Gasteiger partial charge in [0.1, 0.15) is 6.61 Å². The zero-order valence-electron chi connectivity index (χ0n) is 14.5. The Morgan fingerprint density at radius 2 is 1.88 bits per heavy atom. The van der Waals surface area contributed by atoms with E-state index < -0.39 is 0 Å². The van der Waals surface area contributed by atoms with Gasteiger partial charge in [-0.2, -0.15) is 0 Å². The molecule has 4 N–H and O–H groups in total. The molecule has 1 aromatic carbocycles. The van der Waals surface area contributed by atoms with Crippen LogP contribution in [0.2, 0.25) is 5.02 Å². The fraction of sp³-hybridized carbons (Fsp3) is 0.294. The Kier molecular flexibility index (Phi) is 11.9. The van der Waals surface area contributed by atoms with Crippen molar-refractivity contribution in [3.05, 3.63) is 52.7 Å². The van der Waals surface area contributed by atoms with E-state index in [1.807, 2.05) is 64.2 Å². The van der Waals surface area contributed by atoms with E-state index in [0.717, 1.165) is 16.9 Å². The summed E-state index contributed by atoms with van der Waals surface area (Å²) in [4.78, 5) is 13.2. The number of ether oxygens (including phenoxy) is 1. The summed E-state index contributed by atoms with van der Waals surface area (Å²) in [5.41, 5.74) is 4.58. The van der Waals surface area contributed by atoms with Crippen LogP contribution in [0.5, 0.6) is 5.88 Å². The highest BCUT2D eigenvalue weighted by molar-refractivity contribution is 6.31. The van der Waals surface area contributed by atoms with Crippen LogP contribution in [0.25, 0.3) is 0 Å². The van der Waals surface area contributed by atoms with Crippen LogP contribution in [-0.2, 0) is 11.4 Å². The van der Waals surface area contributed by atoms with E-state index in [1.54, 1.807) is 5.43 Å². The second-order valence-corrected chi connectivity index (χ2v) is 4.61. The molecule has 1 aromatic heterocycles. The van der Waals surface area contributed by atoms with Crippen molar-refractivity contribution >= 4 is 23.7 Å². The van der Waals surface area contributed by atoms with Gasteiger partial charge in [-0.3, -0.25) is 10.2 Å². The Bertz CT molecular complexity index is 609. The minimum Gasteiger partial charge on any atom is -0.473 e. The SMILES string of the molecule is CC.CNc1cccc(Cl)c1COc1cccc(C)n1.NNC=O. The summed E-state index contributed by atoms with van der Waals surface area (Å²) >= 11 is 6.17. The predicted octanol–water partition coefficient (Wildman–Crippen LogP) is 3.30. The Balaban J connectivity index is 0.000000773. The van der Waals surface area contributed by atoms with Gasteiger partial charge < -0.3 is 10.1 Å². The average Bonchev–Trinajstić information content (AvgIpc) is 2.62. The maximum atomic E-state index is 8.94. The van der Waals surface area contributed by atoms with Gasteiger partial charge in [-0.1, -0.05) is 37.6 Å². The molecule has 6 nitrogen and oxygen atoms in total. The van der Waals surface area contributed by atoms with E-state index >= 15 is 0 Å². The van der Waals surface area contributed by atoms with Crippen molar-refractivity contribution < 1.29 is 9.53 Å². The van der Waals surface area contributed by atoms with Gasteiger partial charge in [-0.15, -0.1) is 0 Å². The van der Waals surface area contributed by atoms with Crippen molar-refractivity contribution in [2.24, 2.45) is 5.84 Å². The Labute approximate surface area is 148 Å². The molecule has 0 saturated carbocycles. The molecule has 0 aliphatic heterocycles. The molecular formula is C17H25ClN4O2. The molecule has 7 heteroatoms. The first kappa shape index (κ1) is 21.7. The lowest BCUT2D eigenvalue weighted by Gasteiger charge is -2.12. The van der Waals surface area contributed by atoms with Crippen molar-refractivity contribution in [3.8, 4) is 5.88 Å². The molecule has 0 fully saturated rings. The number of nitrogens with zero attached hydrogens (tertiary/aromatic N) is 1. The van der Waals surface area contributed by atoms with Crippen LogP contribution in [-0.4, -0.2) is 18.4 Å². The number of rotatable bonds is 5. The highest BCUT2D eigenvalue weighted by atomic mass is 35.5. The molecule has 132 valence electrons. The second-order valence-electron chi connectivity index (χ2n) is 4.21. The number of halogens is 1. The maximum absolute atomic E-state index is 8.94. The predicted molar refractivity (Wildman–Crippen MR) is 99.0 cm³/mol. The van der Waals surface area contributed by atoms with Gasteiger partial charge in [0, 0.05) is 35.1 Å². The third-order valence-corrected chi connectivity index (χ3v) is 3.04. The first-order valence-electron chi connectivity index (χ1n) is 7.53. The maximum Gasteiger partial charge on any atom is 0.221 e. The molecule has 2 aromatic rings. The van der Waals surface area contributed by atoms with Crippen LogP contribution in [0.15, 0.2) is 36.4 Å². The number of aryl methyl sites for hydroxylation is 1. The van der Waals surface area contributed by atoms with E-state index in [2.05, 4.69) is 16.1 Å². The summed E-state index contributed by atoms with van der Waals surface area (Å²) in [7, 11) is 1.86. The number of aromatic nitrogens is 1. The molecular weight excluding hydrogens is 328 g/mol. The molecule has 0 unspecified atom stereocenters. The largest absolute Gasteiger partial charge is 0.473 e. The molecule has 2 rings (SSSR count). The number of carbonyl (C=O) groups excluding carboxylic acids is 1. The molecule has 1 heterocycles. The minimum absolute atomic E-state index is 0.395. The summed E-state index contributed by atoms with van der Waals surface area (Å²) < 4.78 is 5.66. The average molecular weight is 353 g/mol. The van der Waals surface area contributed by atoms with E-state index in [0.29, 0.717) is 23.9 Å². The number of hydrazine groups is 1. The third kappa shape index (κ3) is 7.80. The first-order chi connectivity index (χ1) is 11.6. The number of anilines is 1. The van der Waals surface area contributed by atoms with Gasteiger partial charge in [0.15, 0.2) is 0 Å². The summed E-state index contributed by atoms with van der Waals surface area (Å²) in [5.74, 6) is 5.02. The van der Waals surface area contributed by atoms with Crippen LogP contribution < -0.4 is 21.3 Å². The lowest BCUT2D eigenvalue weighted by molar-refractivity contribution is -0.109. The van der Waals surface area contributed by atoms with Crippen LogP contribution in [0.1, 0.15) is 25.1 Å². The Morgan fingerprint density at radius 1 is 1.25 bits per heavy atom. The van der Waals surface area contributed by atoms with Crippen molar-refractivity contribution in [1.82, 2.24) is 10.4 Å². The smallest absolute Gasteiger partial charge is 0.221 e. The van der Waals surface area contributed by atoms with Crippen molar-refractivity contribution in [2.45, 2.75) is 27.4 Å². The lowest BCUT2D eigenvalue weighted by atomic mass is 10.2. The van der Waals surface area contributed by atoms with Gasteiger partial charge >= 0.3 is 0 Å². The number of nitrogens with two attached hydrogens (primary N) is 1. The molecule has 0 aliphatic rings. The van der Waals surface area contributed by atoms with Crippen LogP contribution in [0.3, 0.4) is 0 Å². The number of hydrogen-bond donors (Lipinski definition) is 3. The van der Waals surface area contributed by atoms with Crippen LogP contribution in [0.4, 0.5) is 5.69 Å². The van der Waals surface area contributed by atoms with Crippen molar-refractivity contribution in [2.75, 3.05) is 12.4 Å². The van der Waals surface area contributed by atoms with Gasteiger partial charge in [0.2, 0.25) is 12.3 Å². The van der Waals surface area contributed by atoms with Crippen LogP contribution >= 0.6 is 11.6 Å². The van der Waals surface area contributed by atoms with Gasteiger partial charge in [-0.25, -0.2) is 10.8 Å². The van der Waals surface area contributed by atoms with Crippen molar-refractivity contribution in [3.63, 3.8) is 0 Å². The number of amides is 1. The number of nitrogens with one attached hydrogen (secondary N) is 2. The second kappa shape index (κ2) is 13.2. The highest BCUT2D eigenvalue weighted by Gasteiger charge is 2.07. The third-order valence-electron chi connectivity index (χ3n) is 2.68. The summed E-state index contributed by atoms with van der Waals surface area (Å²) in [6.45, 7) is 6.33. The normalized spacial score (nSPS) is 8.75. The van der Waals surface area contributed by atoms with E-state index in [-0.39, 0.29) is 0 Å². The monoisotopic (exact) mass is 352 g/mol.